The molecular formula is C23H31Cl2N3O4. The fourth-order valence-corrected chi connectivity index (χ4v) is 4.37. The number of rotatable bonds is 14. The smallest absolute Gasteiger partial charge is 0.228 e. The molecule has 0 fully saturated rings. The van der Waals surface area contributed by atoms with Gasteiger partial charge in [0.15, 0.2) is 0 Å². The Bertz CT molecular complexity index is 856. The van der Waals surface area contributed by atoms with E-state index in [0.717, 1.165) is 11.1 Å². The molecule has 7 nitrogen and oxygen atoms in total. The molecule has 3 atom stereocenters. The van der Waals surface area contributed by atoms with E-state index in [1.54, 1.807) is 12.1 Å². The van der Waals surface area contributed by atoms with Crippen molar-refractivity contribution in [1.82, 2.24) is 10.8 Å². The van der Waals surface area contributed by atoms with Crippen LogP contribution in [0.2, 0.25) is 10.0 Å². The molecule has 0 aliphatic rings. The van der Waals surface area contributed by atoms with Crippen LogP contribution >= 0.6 is 23.2 Å². The summed E-state index contributed by atoms with van der Waals surface area (Å²) in [7, 11) is 0. The summed E-state index contributed by atoms with van der Waals surface area (Å²) in [5.41, 5.74) is 9.24. The Morgan fingerprint density at radius 2 is 1.88 bits per heavy atom. The molecule has 2 rings (SSSR count). The number of nitrogens with one attached hydrogen (secondary N) is 2. The van der Waals surface area contributed by atoms with Crippen LogP contribution in [0.15, 0.2) is 48.5 Å². The van der Waals surface area contributed by atoms with Gasteiger partial charge < -0.3 is 16.2 Å². The summed E-state index contributed by atoms with van der Waals surface area (Å²) in [5, 5.41) is 22.8. The zero-order valence-corrected chi connectivity index (χ0v) is 19.6. The molecule has 0 bridgehead atoms. The highest BCUT2D eigenvalue weighted by atomic mass is 35.5. The maximum atomic E-state index is 12.4. The van der Waals surface area contributed by atoms with Gasteiger partial charge in [-0.1, -0.05) is 66.5 Å². The summed E-state index contributed by atoms with van der Waals surface area (Å²) >= 11 is 12.2. The predicted octanol–water partition coefficient (Wildman–Crippen LogP) is 3.64. The first-order valence-corrected chi connectivity index (χ1v) is 11.3. The van der Waals surface area contributed by atoms with E-state index >= 15 is 0 Å². The van der Waals surface area contributed by atoms with E-state index < -0.39 is 11.5 Å². The largest absolute Gasteiger partial charge is 0.395 e. The third-order valence-electron chi connectivity index (χ3n) is 6.02. The number of benzene rings is 2. The van der Waals surface area contributed by atoms with Gasteiger partial charge >= 0.3 is 0 Å². The Balaban J connectivity index is 2.05. The lowest BCUT2D eigenvalue weighted by atomic mass is 9.74. The molecule has 0 saturated carbocycles. The molecule has 0 heterocycles. The Labute approximate surface area is 198 Å². The van der Waals surface area contributed by atoms with Crippen molar-refractivity contribution in [3.05, 3.63) is 69.7 Å². The monoisotopic (exact) mass is 483 g/mol. The fourth-order valence-electron chi connectivity index (χ4n) is 4.06. The molecule has 1 amide bonds. The molecular weight excluding hydrogens is 453 g/mol. The van der Waals surface area contributed by atoms with Crippen molar-refractivity contribution in [2.24, 2.45) is 5.73 Å². The highest BCUT2D eigenvalue weighted by Gasteiger charge is 2.36. The fraction of sp³-hybridized carbons (Fsp3) is 0.435. The van der Waals surface area contributed by atoms with Crippen molar-refractivity contribution < 1.29 is 20.1 Å². The predicted molar refractivity (Wildman–Crippen MR) is 127 cm³/mol. The van der Waals surface area contributed by atoms with Gasteiger partial charge in [-0.3, -0.25) is 4.79 Å². The van der Waals surface area contributed by atoms with Crippen molar-refractivity contribution in [2.45, 2.75) is 43.6 Å². The van der Waals surface area contributed by atoms with Crippen LogP contribution in [-0.4, -0.2) is 42.0 Å². The lowest BCUT2D eigenvalue weighted by Gasteiger charge is -2.30. The number of hydrogen-bond donors (Lipinski definition) is 5. The maximum Gasteiger partial charge on any atom is 0.228 e. The number of hydroxylamine groups is 1. The van der Waals surface area contributed by atoms with Crippen LogP contribution in [0.4, 0.5) is 0 Å². The second kappa shape index (κ2) is 13.1. The molecule has 0 aliphatic heterocycles. The number of carbonyl (C=O) groups excluding carboxylic acids is 1. The van der Waals surface area contributed by atoms with Crippen LogP contribution in [0.5, 0.6) is 0 Å². The lowest BCUT2D eigenvalue weighted by molar-refractivity contribution is -0.302. The van der Waals surface area contributed by atoms with E-state index in [1.165, 1.54) is 0 Å². The number of aliphatic hydroxyl groups is 1. The van der Waals surface area contributed by atoms with Gasteiger partial charge in [-0.15, -0.1) is 4.99 Å². The molecule has 9 heteroatoms. The zero-order valence-electron chi connectivity index (χ0n) is 18.1. The van der Waals surface area contributed by atoms with Crippen LogP contribution in [0, 0.1) is 0 Å². The number of hydrogen-bond acceptors (Lipinski definition) is 6. The molecule has 2 aromatic rings. The Morgan fingerprint density at radius 3 is 2.44 bits per heavy atom. The van der Waals surface area contributed by atoms with Gasteiger partial charge in [0, 0.05) is 5.92 Å². The quantitative estimate of drug-likeness (QED) is 0.159. The van der Waals surface area contributed by atoms with E-state index in [2.05, 4.69) is 15.8 Å². The highest BCUT2D eigenvalue weighted by molar-refractivity contribution is 6.42. The zero-order chi connectivity index (χ0) is 23.6. The normalized spacial score (nSPS) is 15.2. The summed E-state index contributed by atoms with van der Waals surface area (Å²) in [6.45, 7) is 2.86. The van der Waals surface area contributed by atoms with Gasteiger partial charge in [-0.05, 0) is 55.6 Å². The van der Waals surface area contributed by atoms with Crippen molar-refractivity contribution in [2.75, 3.05) is 19.7 Å². The molecule has 0 spiro atoms. The average Bonchev–Trinajstić information content (AvgIpc) is 2.80. The number of carbonyl (C=O) groups is 1. The third-order valence-corrected chi connectivity index (χ3v) is 6.76. The minimum Gasteiger partial charge on any atom is -0.395 e. The molecule has 176 valence electrons. The van der Waals surface area contributed by atoms with E-state index in [4.69, 9.17) is 34.2 Å². The molecule has 0 saturated heterocycles. The summed E-state index contributed by atoms with van der Waals surface area (Å²) in [6.07, 6.45) is 1.76. The molecule has 0 aromatic heterocycles. The molecule has 32 heavy (non-hydrogen) atoms. The van der Waals surface area contributed by atoms with Crippen molar-refractivity contribution in [3.63, 3.8) is 0 Å². The van der Waals surface area contributed by atoms with Gasteiger partial charge in [0.05, 0.1) is 28.1 Å². The van der Waals surface area contributed by atoms with E-state index in [0.29, 0.717) is 42.4 Å². The number of primary amides is 1. The third kappa shape index (κ3) is 6.65. The standard InChI is InChI=1S/C23H31Cl2N3O4/c1-2-23(22(26)30,17-6-4-3-5-7-17)11-13-27-12-10-18(21(15-29)28-32-31)16-8-9-19(24)20(25)14-16/h3-9,14,18,21,27-29,31H,2,10-13,15H2,1H3,(H2,26,30). The van der Waals surface area contributed by atoms with Crippen LogP contribution in [0.1, 0.15) is 43.2 Å². The SMILES string of the molecule is CCC(CCNCCC(c1ccc(Cl)c(Cl)c1)C(CO)NOO)(C(N)=O)c1ccccc1. The van der Waals surface area contributed by atoms with Gasteiger partial charge in [-0.2, -0.15) is 5.48 Å². The van der Waals surface area contributed by atoms with E-state index in [1.807, 2.05) is 43.3 Å². The number of halogens is 2. The Kier molecular flexibility index (Phi) is 10.9. The Morgan fingerprint density at radius 1 is 1.16 bits per heavy atom. The summed E-state index contributed by atoms with van der Waals surface area (Å²) in [5.74, 6) is -0.568. The van der Waals surface area contributed by atoms with Crippen LogP contribution < -0.4 is 16.5 Å². The molecule has 6 N–H and O–H groups in total. The molecule has 0 aliphatic carbocycles. The molecule has 3 unspecified atom stereocenters. The molecule has 0 radical (unpaired) electrons. The first-order valence-electron chi connectivity index (χ1n) is 10.6. The first kappa shape index (κ1) is 26.5. The minimum atomic E-state index is -0.739. The summed E-state index contributed by atoms with van der Waals surface area (Å²) in [6, 6.07) is 14.3. The maximum absolute atomic E-state index is 12.4. The van der Waals surface area contributed by atoms with Gasteiger partial charge in [0.25, 0.3) is 0 Å². The van der Waals surface area contributed by atoms with Crippen LogP contribution in [-0.2, 0) is 15.2 Å². The lowest BCUT2D eigenvalue weighted by Crippen LogP contribution is -2.43. The van der Waals surface area contributed by atoms with Gasteiger partial charge in [0.1, 0.15) is 0 Å². The molecule has 2 aromatic carbocycles. The Hall–Kier alpha value is -1.71. The summed E-state index contributed by atoms with van der Waals surface area (Å²) in [4.78, 5) is 16.4. The average molecular weight is 484 g/mol. The van der Waals surface area contributed by atoms with Gasteiger partial charge in [0.2, 0.25) is 5.91 Å². The highest BCUT2D eigenvalue weighted by Crippen LogP contribution is 2.32. The van der Waals surface area contributed by atoms with Crippen molar-refractivity contribution in [1.29, 1.82) is 0 Å². The summed E-state index contributed by atoms with van der Waals surface area (Å²) < 4.78 is 0. The van der Waals surface area contributed by atoms with Crippen LogP contribution in [0.3, 0.4) is 0 Å². The first-order chi connectivity index (χ1) is 15.4. The van der Waals surface area contributed by atoms with Gasteiger partial charge in [-0.25, -0.2) is 5.26 Å². The second-order valence-corrected chi connectivity index (χ2v) is 8.55. The van der Waals surface area contributed by atoms with Crippen molar-refractivity contribution >= 4 is 29.1 Å². The second-order valence-electron chi connectivity index (χ2n) is 7.73. The number of amides is 1. The van der Waals surface area contributed by atoms with Crippen molar-refractivity contribution in [3.8, 4) is 0 Å². The van der Waals surface area contributed by atoms with E-state index in [9.17, 15) is 9.90 Å². The number of aliphatic hydroxyl groups excluding tert-OH is 1. The topological polar surface area (TPSA) is 117 Å². The number of nitrogens with two attached hydrogens (primary N) is 1. The van der Waals surface area contributed by atoms with Crippen LogP contribution in [0.25, 0.3) is 0 Å². The van der Waals surface area contributed by atoms with E-state index in [-0.39, 0.29) is 18.4 Å². The minimum absolute atomic E-state index is 0.226.